The van der Waals surface area contributed by atoms with Crippen LogP contribution in [0.3, 0.4) is 0 Å². The van der Waals surface area contributed by atoms with Gasteiger partial charge < -0.3 is 5.32 Å². The summed E-state index contributed by atoms with van der Waals surface area (Å²) in [6, 6.07) is 3.76. The fourth-order valence-corrected chi connectivity index (χ4v) is 2.10. The van der Waals surface area contributed by atoms with Crippen molar-refractivity contribution in [1.29, 1.82) is 0 Å². The molecule has 0 aliphatic rings. The highest BCUT2D eigenvalue weighted by Crippen LogP contribution is 2.18. The average Bonchev–Trinajstić information content (AvgIpc) is 2.79. The second-order valence-electron chi connectivity index (χ2n) is 3.69. The van der Waals surface area contributed by atoms with E-state index in [1.165, 1.54) is 11.3 Å². The van der Waals surface area contributed by atoms with Crippen molar-refractivity contribution in [3.63, 3.8) is 0 Å². The third kappa shape index (κ3) is 1.99. The normalized spacial score (nSPS) is 10.4. The minimum Gasteiger partial charge on any atom is -0.304 e. The molecular weight excluding hydrogens is 222 g/mol. The molecule has 2 aromatic rings. The lowest BCUT2D eigenvalue weighted by Crippen LogP contribution is -2.11. The van der Waals surface area contributed by atoms with Crippen LogP contribution in [0.4, 0.5) is 5.82 Å². The Morgan fingerprint density at radius 1 is 1.38 bits per heavy atom. The Balaban J connectivity index is 2.17. The van der Waals surface area contributed by atoms with Crippen molar-refractivity contribution in [2.75, 3.05) is 5.32 Å². The Morgan fingerprint density at radius 3 is 2.62 bits per heavy atom. The second-order valence-corrected chi connectivity index (χ2v) is 4.97. The maximum absolute atomic E-state index is 11.8. The molecule has 0 atom stereocenters. The van der Waals surface area contributed by atoms with Gasteiger partial charge in [0.2, 0.25) is 0 Å². The molecule has 1 amide bonds. The number of H-pyrrole nitrogens is 1. The van der Waals surface area contributed by atoms with Gasteiger partial charge in [0.05, 0.1) is 4.88 Å². The van der Waals surface area contributed by atoms with Crippen molar-refractivity contribution in [2.45, 2.75) is 20.8 Å². The van der Waals surface area contributed by atoms with Crippen molar-refractivity contribution in [1.82, 2.24) is 10.2 Å². The Labute approximate surface area is 97.7 Å². The van der Waals surface area contributed by atoms with Gasteiger partial charge in [0, 0.05) is 16.1 Å². The first-order chi connectivity index (χ1) is 7.58. The van der Waals surface area contributed by atoms with E-state index in [1.54, 1.807) is 0 Å². The van der Waals surface area contributed by atoms with E-state index in [0.717, 1.165) is 16.1 Å². The first-order valence-electron chi connectivity index (χ1n) is 4.97. The van der Waals surface area contributed by atoms with E-state index < -0.39 is 0 Å². The molecule has 5 heteroatoms. The van der Waals surface area contributed by atoms with E-state index in [2.05, 4.69) is 15.5 Å². The van der Waals surface area contributed by atoms with Crippen LogP contribution in [0, 0.1) is 20.8 Å². The van der Waals surface area contributed by atoms with Crippen LogP contribution in [0.15, 0.2) is 12.1 Å². The summed E-state index contributed by atoms with van der Waals surface area (Å²) in [5.74, 6) is 0.501. The van der Waals surface area contributed by atoms with Crippen LogP contribution in [0.5, 0.6) is 0 Å². The number of aryl methyl sites for hydroxylation is 2. The van der Waals surface area contributed by atoms with E-state index in [0.29, 0.717) is 10.7 Å². The molecule has 0 bridgehead atoms. The van der Waals surface area contributed by atoms with Crippen molar-refractivity contribution in [3.05, 3.63) is 33.1 Å². The lowest BCUT2D eigenvalue weighted by atomic mass is 10.3. The van der Waals surface area contributed by atoms with Crippen LogP contribution in [0.25, 0.3) is 0 Å². The third-order valence-electron chi connectivity index (χ3n) is 2.45. The van der Waals surface area contributed by atoms with Crippen LogP contribution in [0.2, 0.25) is 0 Å². The maximum Gasteiger partial charge on any atom is 0.266 e. The van der Waals surface area contributed by atoms with Crippen LogP contribution < -0.4 is 5.32 Å². The quantitative estimate of drug-likeness (QED) is 0.840. The van der Waals surface area contributed by atoms with Gasteiger partial charge in [-0.2, -0.15) is 5.10 Å². The number of anilines is 1. The molecule has 16 heavy (non-hydrogen) atoms. The number of aromatic nitrogens is 2. The summed E-state index contributed by atoms with van der Waals surface area (Å²) in [6.07, 6.45) is 0. The minimum atomic E-state index is -0.104. The van der Waals surface area contributed by atoms with E-state index in [4.69, 9.17) is 0 Å². The summed E-state index contributed by atoms with van der Waals surface area (Å²) in [5, 5.41) is 9.66. The smallest absolute Gasteiger partial charge is 0.266 e. The molecule has 0 fully saturated rings. The highest BCUT2D eigenvalue weighted by atomic mass is 32.1. The topological polar surface area (TPSA) is 57.8 Å². The third-order valence-corrected chi connectivity index (χ3v) is 3.45. The Morgan fingerprint density at radius 2 is 2.12 bits per heavy atom. The van der Waals surface area contributed by atoms with Gasteiger partial charge in [-0.15, -0.1) is 11.3 Å². The number of hydrogen-bond donors (Lipinski definition) is 2. The van der Waals surface area contributed by atoms with Crippen molar-refractivity contribution >= 4 is 23.1 Å². The molecule has 0 spiro atoms. The number of amides is 1. The predicted molar refractivity (Wildman–Crippen MR) is 65.1 cm³/mol. The zero-order chi connectivity index (χ0) is 11.7. The van der Waals surface area contributed by atoms with Gasteiger partial charge in [0.15, 0.2) is 5.82 Å². The average molecular weight is 235 g/mol. The van der Waals surface area contributed by atoms with Gasteiger partial charge in [0.25, 0.3) is 5.91 Å². The number of carbonyl (C=O) groups is 1. The molecule has 2 rings (SSSR count). The summed E-state index contributed by atoms with van der Waals surface area (Å²) in [5.41, 5.74) is 1.94. The van der Waals surface area contributed by atoms with Crippen LogP contribution in [-0.4, -0.2) is 16.1 Å². The zero-order valence-electron chi connectivity index (χ0n) is 9.42. The lowest BCUT2D eigenvalue weighted by Gasteiger charge is -2.00. The first-order valence-corrected chi connectivity index (χ1v) is 5.79. The summed E-state index contributed by atoms with van der Waals surface area (Å²) in [6.45, 7) is 5.83. The summed E-state index contributed by atoms with van der Waals surface area (Å²) < 4.78 is 0. The van der Waals surface area contributed by atoms with Gasteiger partial charge in [-0.05, 0) is 32.9 Å². The van der Waals surface area contributed by atoms with Crippen molar-refractivity contribution in [2.24, 2.45) is 0 Å². The summed E-state index contributed by atoms with van der Waals surface area (Å²) in [4.78, 5) is 13.7. The molecule has 0 radical (unpaired) electrons. The minimum absolute atomic E-state index is 0.104. The van der Waals surface area contributed by atoms with Gasteiger partial charge in [0.1, 0.15) is 0 Å². The fraction of sp³-hybridized carbons (Fsp3) is 0.273. The highest BCUT2D eigenvalue weighted by Gasteiger charge is 2.12. The number of thiophene rings is 1. The van der Waals surface area contributed by atoms with Gasteiger partial charge in [-0.25, -0.2) is 0 Å². The van der Waals surface area contributed by atoms with Crippen molar-refractivity contribution in [3.8, 4) is 0 Å². The largest absolute Gasteiger partial charge is 0.304 e. The Bertz CT molecular complexity index is 527. The summed E-state index contributed by atoms with van der Waals surface area (Å²) in [7, 11) is 0. The number of hydrogen-bond acceptors (Lipinski definition) is 3. The monoisotopic (exact) mass is 235 g/mol. The SMILES string of the molecule is Cc1ccc(C(=O)Nc2n[nH]c(C)c2C)s1. The molecule has 0 aliphatic heterocycles. The maximum atomic E-state index is 11.8. The molecule has 0 aromatic carbocycles. The van der Waals surface area contributed by atoms with E-state index in [9.17, 15) is 4.79 Å². The molecule has 0 saturated carbocycles. The molecule has 0 saturated heterocycles. The number of aromatic amines is 1. The number of nitrogens with zero attached hydrogens (tertiary/aromatic N) is 1. The van der Waals surface area contributed by atoms with E-state index in [-0.39, 0.29) is 5.91 Å². The molecule has 2 aromatic heterocycles. The molecule has 84 valence electrons. The van der Waals surface area contributed by atoms with Crippen LogP contribution in [0.1, 0.15) is 25.8 Å². The Hall–Kier alpha value is -1.62. The van der Waals surface area contributed by atoms with Gasteiger partial charge in [-0.3, -0.25) is 9.89 Å². The molecular formula is C11H13N3OS. The lowest BCUT2D eigenvalue weighted by molar-refractivity contribution is 0.103. The molecule has 4 nitrogen and oxygen atoms in total. The molecule has 2 N–H and O–H groups in total. The van der Waals surface area contributed by atoms with E-state index >= 15 is 0 Å². The molecule has 0 aliphatic carbocycles. The van der Waals surface area contributed by atoms with Crippen LogP contribution in [-0.2, 0) is 0 Å². The highest BCUT2D eigenvalue weighted by molar-refractivity contribution is 7.14. The molecule has 0 unspecified atom stereocenters. The number of carbonyl (C=O) groups excluding carboxylic acids is 1. The number of rotatable bonds is 2. The fourth-order valence-electron chi connectivity index (χ4n) is 1.33. The standard InChI is InChI=1S/C11H13N3OS/c1-6-4-5-9(16-6)11(15)12-10-7(2)8(3)13-14-10/h4-5H,1-3H3,(H2,12,13,14,15). The zero-order valence-corrected chi connectivity index (χ0v) is 10.2. The second kappa shape index (κ2) is 4.09. The van der Waals surface area contributed by atoms with Gasteiger partial charge >= 0.3 is 0 Å². The summed E-state index contributed by atoms with van der Waals surface area (Å²) >= 11 is 1.48. The van der Waals surface area contributed by atoms with Crippen molar-refractivity contribution < 1.29 is 4.79 Å². The molecule has 2 heterocycles. The predicted octanol–water partition coefficient (Wildman–Crippen LogP) is 2.65. The van der Waals surface area contributed by atoms with Gasteiger partial charge in [-0.1, -0.05) is 0 Å². The number of nitrogens with one attached hydrogen (secondary N) is 2. The Kier molecular flexibility index (Phi) is 2.78. The first kappa shape index (κ1) is 10.9. The van der Waals surface area contributed by atoms with E-state index in [1.807, 2.05) is 32.9 Å². The van der Waals surface area contributed by atoms with Crippen LogP contribution >= 0.6 is 11.3 Å².